The minimum Gasteiger partial charge on any atom is -0.214 e. The molecule has 2 nitrogen and oxygen atoms in total. The third-order valence-electron chi connectivity index (χ3n) is 1.73. The number of halogens is 4. The number of hydrogen-bond acceptors (Lipinski definition) is 2. The third kappa shape index (κ3) is 2.11. The van der Waals surface area contributed by atoms with E-state index in [9.17, 15) is 26.0 Å². The van der Waals surface area contributed by atoms with Crippen molar-refractivity contribution in [1.82, 2.24) is 0 Å². The fourth-order valence-electron chi connectivity index (χ4n) is 1.04. The number of alkyl halides is 3. The molecule has 0 N–H and O–H groups in total. The van der Waals surface area contributed by atoms with Crippen molar-refractivity contribution < 1.29 is 26.0 Å². The molecule has 0 atom stereocenters. The maximum absolute atomic E-state index is 12.6. The highest BCUT2D eigenvalue weighted by Gasteiger charge is 2.47. The van der Waals surface area contributed by atoms with E-state index >= 15 is 0 Å². The molecular formula is C8H6F4O2S. The summed E-state index contributed by atoms with van der Waals surface area (Å²) < 4.78 is 70.8. The minimum absolute atomic E-state index is 0.271. The SMILES string of the molecule is Cc1cc(F)ccc1S(=O)(=O)C(F)(F)F. The van der Waals surface area contributed by atoms with Crippen LogP contribution in [0.1, 0.15) is 5.56 Å². The zero-order valence-electron chi connectivity index (χ0n) is 7.47. The number of benzene rings is 1. The Morgan fingerprint density at radius 1 is 1.20 bits per heavy atom. The Morgan fingerprint density at radius 3 is 2.13 bits per heavy atom. The van der Waals surface area contributed by atoms with E-state index in [1.54, 1.807) is 0 Å². The Morgan fingerprint density at radius 2 is 1.73 bits per heavy atom. The van der Waals surface area contributed by atoms with Crippen molar-refractivity contribution in [2.45, 2.75) is 17.3 Å². The quantitative estimate of drug-likeness (QED) is 0.560. The molecule has 7 heteroatoms. The minimum atomic E-state index is -5.39. The maximum atomic E-state index is 12.6. The predicted octanol–water partition coefficient (Wildman–Crippen LogP) is 2.43. The summed E-state index contributed by atoms with van der Waals surface area (Å²) in [7, 11) is -5.39. The molecule has 15 heavy (non-hydrogen) atoms. The van der Waals surface area contributed by atoms with E-state index in [-0.39, 0.29) is 5.56 Å². The summed E-state index contributed by atoms with van der Waals surface area (Å²) in [6.45, 7) is 1.10. The summed E-state index contributed by atoms with van der Waals surface area (Å²) in [5.41, 5.74) is -5.64. The largest absolute Gasteiger partial charge is 0.501 e. The highest BCUT2D eigenvalue weighted by Crippen LogP contribution is 2.31. The van der Waals surface area contributed by atoms with Gasteiger partial charge in [-0.1, -0.05) is 0 Å². The van der Waals surface area contributed by atoms with Crippen LogP contribution in [0.5, 0.6) is 0 Å². The highest BCUT2D eigenvalue weighted by atomic mass is 32.2. The summed E-state index contributed by atoms with van der Waals surface area (Å²) in [6.07, 6.45) is 0. The number of sulfone groups is 1. The van der Waals surface area contributed by atoms with Crippen molar-refractivity contribution >= 4 is 9.84 Å². The molecule has 1 aromatic rings. The summed E-state index contributed by atoms with van der Waals surface area (Å²) in [4.78, 5) is -0.920. The smallest absolute Gasteiger partial charge is 0.214 e. The van der Waals surface area contributed by atoms with Crippen molar-refractivity contribution in [3.8, 4) is 0 Å². The van der Waals surface area contributed by atoms with E-state index in [1.807, 2.05) is 0 Å². The molecular weight excluding hydrogens is 236 g/mol. The summed E-state index contributed by atoms with van der Waals surface area (Å²) in [5, 5.41) is 0. The molecule has 0 fully saturated rings. The van der Waals surface area contributed by atoms with Crippen molar-refractivity contribution in [1.29, 1.82) is 0 Å². The molecule has 0 amide bonds. The van der Waals surface area contributed by atoms with Gasteiger partial charge in [0, 0.05) is 0 Å². The van der Waals surface area contributed by atoms with Gasteiger partial charge in [-0.15, -0.1) is 0 Å². The van der Waals surface area contributed by atoms with Gasteiger partial charge in [-0.3, -0.25) is 0 Å². The highest BCUT2D eigenvalue weighted by molar-refractivity contribution is 7.92. The first-order chi connectivity index (χ1) is 6.66. The average Bonchev–Trinajstić information content (AvgIpc) is 2.00. The standard InChI is InChI=1S/C8H6F4O2S/c1-5-4-6(9)2-3-7(5)15(13,14)8(10,11)12/h2-4H,1H3. The van der Waals surface area contributed by atoms with Crippen molar-refractivity contribution in [2.24, 2.45) is 0 Å². The van der Waals surface area contributed by atoms with E-state index < -0.39 is 26.1 Å². The van der Waals surface area contributed by atoms with Gasteiger partial charge < -0.3 is 0 Å². The van der Waals surface area contributed by atoms with Crippen molar-refractivity contribution in [3.63, 3.8) is 0 Å². The second kappa shape index (κ2) is 3.48. The van der Waals surface area contributed by atoms with Crippen LogP contribution in [-0.4, -0.2) is 13.9 Å². The van der Waals surface area contributed by atoms with Gasteiger partial charge >= 0.3 is 5.51 Å². The number of aryl methyl sites for hydroxylation is 1. The van der Waals surface area contributed by atoms with Gasteiger partial charge in [0.1, 0.15) is 5.82 Å². The molecule has 0 bridgehead atoms. The van der Waals surface area contributed by atoms with Crippen LogP contribution in [0, 0.1) is 12.7 Å². The first-order valence-electron chi connectivity index (χ1n) is 3.74. The molecule has 1 aromatic carbocycles. The van der Waals surface area contributed by atoms with Gasteiger partial charge in [-0.05, 0) is 30.7 Å². The summed E-state index contributed by atoms with van der Waals surface area (Å²) in [5.74, 6) is -0.784. The molecule has 0 aliphatic rings. The van der Waals surface area contributed by atoms with Crippen LogP contribution in [-0.2, 0) is 9.84 Å². The number of rotatable bonds is 1. The first kappa shape index (κ1) is 12.0. The molecule has 0 aliphatic heterocycles. The lowest BCUT2D eigenvalue weighted by molar-refractivity contribution is -0.0436. The monoisotopic (exact) mass is 242 g/mol. The van der Waals surface area contributed by atoms with Gasteiger partial charge in [0.25, 0.3) is 9.84 Å². The Balaban J connectivity index is 3.42. The lowest BCUT2D eigenvalue weighted by atomic mass is 10.2. The summed E-state index contributed by atoms with van der Waals surface area (Å²) >= 11 is 0. The van der Waals surface area contributed by atoms with E-state index in [4.69, 9.17) is 0 Å². The molecule has 0 aliphatic carbocycles. The first-order valence-corrected chi connectivity index (χ1v) is 5.22. The molecule has 0 radical (unpaired) electrons. The normalized spacial score (nSPS) is 12.9. The molecule has 0 saturated carbocycles. The molecule has 0 spiro atoms. The van der Waals surface area contributed by atoms with E-state index in [0.717, 1.165) is 13.0 Å². The van der Waals surface area contributed by atoms with Crippen LogP contribution >= 0.6 is 0 Å². The zero-order valence-corrected chi connectivity index (χ0v) is 8.29. The summed E-state index contributed by atoms with van der Waals surface area (Å²) in [6, 6.07) is 2.01. The van der Waals surface area contributed by atoms with Gasteiger partial charge in [-0.25, -0.2) is 12.8 Å². The van der Waals surface area contributed by atoms with Gasteiger partial charge in [0.2, 0.25) is 0 Å². The lowest BCUT2D eigenvalue weighted by Crippen LogP contribution is -2.24. The van der Waals surface area contributed by atoms with Gasteiger partial charge in [0.15, 0.2) is 0 Å². The van der Waals surface area contributed by atoms with Crippen LogP contribution in [0.4, 0.5) is 17.6 Å². The number of hydrogen-bond donors (Lipinski definition) is 0. The molecule has 0 aromatic heterocycles. The van der Waals surface area contributed by atoms with Crippen molar-refractivity contribution in [3.05, 3.63) is 29.6 Å². The van der Waals surface area contributed by atoms with Gasteiger partial charge in [-0.2, -0.15) is 13.2 Å². The molecule has 1 rings (SSSR count). The van der Waals surface area contributed by atoms with E-state index in [2.05, 4.69) is 0 Å². The van der Waals surface area contributed by atoms with Gasteiger partial charge in [0.05, 0.1) is 4.90 Å². The van der Waals surface area contributed by atoms with Crippen LogP contribution in [0.25, 0.3) is 0 Å². The van der Waals surface area contributed by atoms with Crippen LogP contribution < -0.4 is 0 Å². The van der Waals surface area contributed by atoms with Crippen LogP contribution in [0.2, 0.25) is 0 Å². The third-order valence-corrected chi connectivity index (χ3v) is 3.38. The Kier molecular flexibility index (Phi) is 2.77. The molecule has 0 unspecified atom stereocenters. The second-order valence-corrected chi connectivity index (χ2v) is 4.77. The average molecular weight is 242 g/mol. The van der Waals surface area contributed by atoms with E-state index in [1.165, 1.54) is 0 Å². The Labute approximate surface area is 83.4 Å². The van der Waals surface area contributed by atoms with Crippen LogP contribution in [0.3, 0.4) is 0 Å². The van der Waals surface area contributed by atoms with E-state index in [0.29, 0.717) is 12.1 Å². The second-order valence-electron chi connectivity index (χ2n) is 2.86. The maximum Gasteiger partial charge on any atom is 0.501 e. The molecule has 84 valence electrons. The fraction of sp³-hybridized carbons (Fsp3) is 0.250. The Bertz CT molecular complexity index is 476. The Hall–Kier alpha value is -1.11. The molecule has 0 heterocycles. The fourth-order valence-corrected chi connectivity index (χ4v) is 2.02. The lowest BCUT2D eigenvalue weighted by Gasteiger charge is -2.10. The zero-order chi connectivity index (χ0) is 11.9. The van der Waals surface area contributed by atoms with Crippen molar-refractivity contribution in [2.75, 3.05) is 0 Å². The predicted molar refractivity (Wildman–Crippen MR) is 44.4 cm³/mol. The van der Waals surface area contributed by atoms with Crippen LogP contribution in [0.15, 0.2) is 23.1 Å². The molecule has 0 saturated heterocycles. The topological polar surface area (TPSA) is 34.1 Å².